The predicted octanol–water partition coefficient (Wildman–Crippen LogP) is 20.0. The Bertz CT molecular complexity index is 2100. The monoisotopic (exact) mass is 1090 g/mol. The average Bonchev–Trinajstić information content (AvgIpc) is 3.28. The van der Waals surface area contributed by atoms with E-state index in [0.29, 0.717) is 71.5 Å². The average molecular weight is 1090 g/mol. The number of piperidine rings is 2. The molecule has 8 nitrogen and oxygen atoms in total. The molecule has 0 spiro atoms. The van der Waals surface area contributed by atoms with Gasteiger partial charge in [0.05, 0.1) is 0 Å². The van der Waals surface area contributed by atoms with Gasteiger partial charge in [0.25, 0.3) is 0 Å². The van der Waals surface area contributed by atoms with Gasteiger partial charge in [-0.25, -0.2) is 0 Å². The zero-order valence-corrected chi connectivity index (χ0v) is 51.5. The van der Waals surface area contributed by atoms with E-state index in [9.17, 15) is 0 Å². The summed E-state index contributed by atoms with van der Waals surface area (Å²) in [5.41, 5.74) is 14.9. The Morgan fingerprint density at radius 1 is 0.365 bits per heavy atom. The molecular weight excluding hydrogens is 996 g/mol. The SMILES string of the molecule is CC(C)c1cccc(C(C)C)c1N=C([N-]c1c(C(C)C)cccc1C(C)C)N1[C@H](C)CCC[C@@H]1C.CC(C)c1cccc(C(C)C)c1N=C([N-]c1c(C(C)C)cccc1C(C)C)N1[C@H](C)CCC[C@@H]1C.[Fe+3].[Fe+3].[O-2].[O-2]. The molecule has 2 radical (unpaired) electrons. The van der Waals surface area contributed by atoms with E-state index in [-0.39, 0.29) is 45.1 Å². The number of guanidine groups is 2. The summed E-state index contributed by atoms with van der Waals surface area (Å²) in [6.45, 7) is 45.7. The van der Waals surface area contributed by atoms with E-state index in [1.807, 2.05) is 0 Å². The van der Waals surface area contributed by atoms with Crippen molar-refractivity contribution in [1.29, 1.82) is 0 Å². The van der Waals surface area contributed by atoms with Crippen LogP contribution in [-0.4, -0.2) is 45.9 Å². The zero-order valence-electron chi connectivity index (χ0n) is 49.3. The van der Waals surface area contributed by atoms with Gasteiger partial charge >= 0.3 is 34.1 Å². The van der Waals surface area contributed by atoms with Gasteiger partial charge in [-0.15, -0.1) is 0 Å². The second-order valence-corrected chi connectivity index (χ2v) is 23.5. The van der Waals surface area contributed by atoms with Crippen LogP contribution in [0, 0.1) is 0 Å². The van der Waals surface area contributed by atoms with Gasteiger partial charge in [-0.1, -0.05) is 224 Å². The molecule has 0 saturated carbocycles. The van der Waals surface area contributed by atoms with Crippen LogP contribution in [0.5, 0.6) is 0 Å². The van der Waals surface area contributed by atoms with Crippen molar-refractivity contribution in [3.05, 3.63) is 128 Å². The maximum absolute atomic E-state index is 5.50. The fourth-order valence-electron chi connectivity index (χ4n) is 10.9. The van der Waals surface area contributed by atoms with E-state index in [1.54, 1.807) is 0 Å². The molecule has 2 aliphatic heterocycles. The number of likely N-dealkylation sites (tertiary alicyclic amines) is 2. The molecule has 0 N–H and O–H groups in total. The third kappa shape index (κ3) is 16.7. The van der Waals surface area contributed by atoms with Crippen LogP contribution in [0.2, 0.25) is 0 Å². The molecule has 0 bridgehead atoms. The van der Waals surface area contributed by atoms with Crippen LogP contribution in [0.3, 0.4) is 0 Å². The first-order valence-corrected chi connectivity index (χ1v) is 27.7. The van der Waals surface area contributed by atoms with Crippen LogP contribution in [0.4, 0.5) is 22.7 Å². The van der Waals surface area contributed by atoms with Gasteiger partial charge in [-0.2, -0.15) is 0 Å². The van der Waals surface area contributed by atoms with Crippen molar-refractivity contribution in [3.63, 3.8) is 0 Å². The van der Waals surface area contributed by atoms with Crippen molar-refractivity contribution < 1.29 is 45.1 Å². The van der Waals surface area contributed by atoms with Crippen LogP contribution >= 0.6 is 0 Å². The van der Waals surface area contributed by atoms with Crippen molar-refractivity contribution in [2.24, 2.45) is 9.98 Å². The van der Waals surface area contributed by atoms with E-state index in [4.69, 9.17) is 20.6 Å². The van der Waals surface area contributed by atoms with E-state index in [0.717, 1.165) is 34.7 Å². The molecule has 4 atom stereocenters. The minimum Gasteiger partial charge on any atom is -2.00 e. The largest absolute Gasteiger partial charge is 3.00 e. The molecule has 2 fully saturated rings. The molecular formula is C64H96Fe2N6O2. The van der Waals surface area contributed by atoms with Crippen molar-refractivity contribution in [2.45, 2.75) is 249 Å². The summed E-state index contributed by atoms with van der Waals surface area (Å²) in [6.07, 6.45) is 7.28. The predicted molar refractivity (Wildman–Crippen MR) is 309 cm³/mol. The minimum atomic E-state index is 0. The topological polar surface area (TPSA) is 116 Å². The van der Waals surface area contributed by atoms with Crippen LogP contribution < -0.4 is 0 Å². The van der Waals surface area contributed by atoms with Crippen LogP contribution in [0.25, 0.3) is 10.6 Å². The van der Waals surface area contributed by atoms with Crippen molar-refractivity contribution in [1.82, 2.24) is 9.80 Å². The van der Waals surface area contributed by atoms with Gasteiger partial charge in [0.15, 0.2) is 0 Å². The number of nitrogens with zero attached hydrogens (tertiary/aromatic N) is 6. The fourth-order valence-corrected chi connectivity index (χ4v) is 10.9. The molecule has 2 heterocycles. The van der Waals surface area contributed by atoms with Crippen molar-refractivity contribution >= 4 is 34.7 Å². The molecule has 6 rings (SSSR count). The summed E-state index contributed by atoms with van der Waals surface area (Å²) in [6, 6.07) is 28.4. The molecule has 0 unspecified atom stereocenters. The van der Waals surface area contributed by atoms with Gasteiger partial charge in [-0.05, 0) is 164 Å². The molecule has 4 aromatic rings. The van der Waals surface area contributed by atoms with Crippen LogP contribution in [-0.2, 0) is 45.1 Å². The Morgan fingerprint density at radius 3 is 0.743 bits per heavy atom. The molecule has 0 aliphatic carbocycles. The Balaban J connectivity index is 0.000000702. The Kier molecular flexibility index (Phi) is 28.6. The number of rotatable bonds is 12. The zero-order chi connectivity index (χ0) is 51.7. The summed E-state index contributed by atoms with van der Waals surface area (Å²) >= 11 is 0. The molecule has 4 aromatic carbocycles. The first kappa shape index (κ1) is 68.4. The molecule has 410 valence electrons. The van der Waals surface area contributed by atoms with Crippen LogP contribution in [0.1, 0.15) is 269 Å². The van der Waals surface area contributed by atoms with Gasteiger partial charge in [-0.3, -0.25) is 0 Å². The van der Waals surface area contributed by atoms with Gasteiger partial charge in [0, 0.05) is 11.9 Å². The maximum atomic E-state index is 5.50. The summed E-state index contributed by atoms with van der Waals surface area (Å²) < 4.78 is 0. The third-order valence-corrected chi connectivity index (χ3v) is 15.1. The van der Waals surface area contributed by atoms with Gasteiger partial charge < -0.3 is 41.4 Å². The number of benzene rings is 4. The quantitative estimate of drug-likeness (QED) is 0.0798. The summed E-state index contributed by atoms with van der Waals surface area (Å²) in [5, 5.41) is 11.0. The second-order valence-electron chi connectivity index (χ2n) is 23.5. The summed E-state index contributed by atoms with van der Waals surface area (Å²) in [7, 11) is 0. The van der Waals surface area contributed by atoms with Gasteiger partial charge in [0.1, 0.15) is 0 Å². The summed E-state index contributed by atoms with van der Waals surface area (Å²) in [5.74, 6) is 4.98. The first-order valence-electron chi connectivity index (χ1n) is 27.7. The van der Waals surface area contributed by atoms with Crippen molar-refractivity contribution in [2.75, 3.05) is 0 Å². The molecule has 74 heavy (non-hydrogen) atoms. The van der Waals surface area contributed by atoms with Crippen molar-refractivity contribution in [3.8, 4) is 0 Å². The van der Waals surface area contributed by atoms with E-state index in [2.05, 4.69) is 221 Å². The molecule has 0 aromatic heterocycles. The normalized spacial score (nSPS) is 18.3. The number of hydrogen-bond acceptors (Lipinski definition) is 2. The molecule has 10 heteroatoms. The smallest absolute Gasteiger partial charge is 2.00 e. The molecule has 2 saturated heterocycles. The Hall–Kier alpha value is -3.62. The van der Waals surface area contributed by atoms with E-state index >= 15 is 0 Å². The standard InChI is InChI=1S/2C32H48N3.2Fe.2O/c2*1-20(2)26-16-12-17-27(21(3)4)30(26)33-32(35-24(9)14-11-15-25(35)10)34-31-28(22(5)6)18-13-19-29(31)23(7)8;;;;/h2*12-13,16-25H,11,14-15H2,1-10H3;;;;/q2*-1;2*+3;2*-2/t2*24-,25+;;;;. The minimum absolute atomic E-state index is 0. The fraction of sp³-hybridized carbons (Fsp3) is 0.594. The number of hydrogen-bond donors (Lipinski definition) is 0. The molecule has 2 aliphatic rings. The summed E-state index contributed by atoms with van der Waals surface area (Å²) in [4.78, 5) is 16.0. The first-order chi connectivity index (χ1) is 33.0. The number of aliphatic imine (C=N–C) groups is 2. The second kappa shape index (κ2) is 30.9. The Labute approximate surface area is 473 Å². The van der Waals surface area contributed by atoms with Crippen LogP contribution in [0.15, 0.2) is 82.8 Å². The van der Waals surface area contributed by atoms with E-state index in [1.165, 1.54) is 83.0 Å². The van der Waals surface area contributed by atoms with E-state index < -0.39 is 0 Å². The molecule has 0 amide bonds. The van der Waals surface area contributed by atoms with Gasteiger partial charge in [0.2, 0.25) is 0 Å². The Morgan fingerprint density at radius 2 is 0.554 bits per heavy atom. The maximum Gasteiger partial charge on any atom is 3.00 e. The number of para-hydroxylation sites is 4. The third-order valence-electron chi connectivity index (χ3n) is 15.1.